The molecule has 52 heavy (non-hydrogen) atoms. The first-order valence-electron chi connectivity index (χ1n) is 16.7. The fraction of sp³-hybridized carbons (Fsp3) is 0.486. The molecule has 0 saturated carbocycles. The maximum absolute atomic E-state index is 16.1. The van der Waals surface area contributed by atoms with Crippen LogP contribution in [0.4, 0.5) is 35.1 Å². The van der Waals surface area contributed by atoms with Crippen molar-refractivity contribution in [2.24, 2.45) is 11.7 Å². The van der Waals surface area contributed by atoms with Crippen molar-refractivity contribution in [1.29, 1.82) is 0 Å². The molecule has 2 aromatic carbocycles. The van der Waals surface area contributed by atoms with Crippen LogP contribution in [0.1, 0.15) is 78.6 Å². The van der Waals surface area contributed by atoms with Crippen LogP contribution in [0.15, 0.2) is 35.3 Å². The first kappa shape index (κ1) is 42.1. The van der Waals surface area contributed by atoms with E-state index in [4.69, 9.17) is 10.5 Å². The molecule has 1 aromatic heterocycles. The minimum absolute atomic E-state index is 0.0120. The number of amides is 1. The van der Waals surface area contributed by atoms with Crippen LogP contribution in [0.25, 0.3) is 11.1 Å². The van der Waals surface area contributed by atoms with Crippen molar-refractivity contribution >= 4 is 11.9 Å². The summed E-state index contributed by atoms with van der Waals surface area (Å²) in [5.74, 6) is -3.84. The second-order valence-electron chi connectivity index (χ2n) is 13.2. The van der Waals surface area contributed by atoms with Gasteiger partial charge in [0.25, 0.3) is 5.56 Å². The summed E-state index contributed by atoms with van der Waals surface area (Å²) in [5, 5.41) is 0. The van der Waals surface area contributed by atoms with Crippen molar-refractivity contribution in [2.45, 2.75) is 85.1 Å². The maximum atomic E-state index is 16.1. The molecule has 0 bridgehead atoms. The Hall–Kier alpha value is -4.27. The minimum atomic E-state index is -4.89. The third-order valence-electron chi connectivity index (χ3n) is 8.85. The van der Waals surface area contributed by atoms with Crippen LogP contribution in [-0.2, 0) is 45.9 Å². The number of benzene rings is 2. The van der Waals surface area contributed by atoms with Gasteiger partial charge in [-0.2, -0.15) is 26.3 Å². The Morgan fingerprint density at radius 3 is 2.04 bits per heavy atom. The molecule has 3 rings (SSSR count). The van der Waals surface area contributed by atoms with Crippen LogP contribution >= 0.6 is 0 Å². The number of nitrogens with two attached hydrogens (primary N) is 1. The van der Waals surface area contributed by atoms with E-state index in [1.807, 2.05) is 0 Å². The lowest BCUT2D eigenvalue weighted by Gasteiger charge is -2.23. The third-order valence-corrected chi connectivity index (χ3v) is 8.85. The number of pyridine rings is 1. The number of nitrogens with zero attached hydrogens (tertiary/aromatic N) is 2. The van der Waals surface area contributed by atoms with Crippen LogP contribution in [-0.4, -0.2) is 48.1 Å². The van der Waals surface area contributed by atoms with Crippen LogP contribution in [0.3, 0.4) is 0 Å². The topological polar surface area (TPSA) is 94.6 Å². The second-order valence-corrected chi connectivity index (χ2v) is 13.2. The number of hydrogen-bond acceptors (Lipinski definition) is 5. The van der Waals surface area contributed by atoms with Crippen molar-refractivity contribution in [2.75, 3.05) is 26.7 Å². The first-order valence-corrected chi connectivity index (χ1v) is 16.7. The van der Waals surface area contributed by atoms with Gasteiger partial charge in [0.15, 0.2) is 0 Å². The van der Waals surface area contributed by atoms with Crippen LogP contribution < -0.4 is 11.3 Å². The highest BCUT2D eigenvalue weighted by atomic mass is 19.4. The highest BCUT2D eigenvalue weighted by molar-refractivity contribution is 5.78. The first-order chi connectivity index (χ1) is 24.1. The van der Waals surface area contributed by atoms with Gasteiger partial charge >= 0.3 is 18.3 Å². The maximum Gasteiger partial charge on any atom is 0.416 e. The molecule has 7 nitrogen and oxygen atoms in total. The van der Waals surface area contributed by atoms with Crippen LogP contribution in [0.5, 0.6) is 0 Å². The standard InChI is InChI=1S/C37H43F8N3O4/c1-7-52-31(50)11-9-25-33(38)23(17-26(34(25)39)32-21(4)8-10-27(22(32)5)36(40,41)42)12-14-47(6)15-13-24-19-48(29(35(46)51)16-20(2)3)30(49)18-28(24)37(43,44)45/h8,10,17-20,29H,7,9,11-16H2,1-6H3,(H2,46,51). The zero-order valence-electron chi connectivity index (χ0n) is 29.8. The van der Waals surface area contributed by atoms with Gasteiger partial charge in [0.2, 0.25) is 5.91 Å². The zero-order valence-corrected chi connectivity index (χ0v) is 29.8. The molecule has 3 aromatic rings. The molecule has 286 valence electrons. The van der Waals surface area contributed by atoms with E-state index in [0.717, 1.165) is 22.9 Å². The van der Waals surface area contributed by atoms with E-state index in [-0.39, 0.29) is 72.7 Å². The number of alkyl halides is 6. The van der Waals surface area contributed by atoms with E-state index in [0.29, 0.717) is 11.6 Å². The van der Waals surface area contributed by atoms with Gasteiger partial charge in [-0.25, -0.2) is 8.78 Å². The number of esters is 1. The summed E-state index contributed by atoms with van der Waals surface area (Å²) in [6, 6.07) is 2.44. The summed E-state index contributed by atoms with van der Waals surface area (Å²) in [6.45, 7) is 7.76. The molecule has 1 unspecified atom stereocenters. The van der Waals surface area contributed by atoms with E-state index in [1.54, 1.807) is 32.7 Å². The quantitative estimate of drug-likeness (QED) is 0.127. The smallest absolute Gasteiger partial charge is 0.416 e. The van der Waals surface area contributed by atoms with Crippen molar-refractivity contribution in [3.8, 4) is 11.1 Å². The lowest BCUT2D eigenvalue weighted by molar-refractivity contribution is -0.143. The summed E-state index contributed by atoms with van der Waals surface area (Å²) in [6.07, 6.45) is -9.77. The van der Waals surface area contributed by atoms with E-state index in [1.165, 1.54) is 19.9 Å². The van der Waals surface area contributed by atoms with Gasteiger partial charge in [0.1, 0.15) is 17.7 Å². The molecule has 0 saturated heterocycles. The number of primary amides is 1. The summed E-state index contributed by atoms with van der Waals surface area (Å²) in [4.78, 5) is 38.5. The molecule has 0 fully saturated rings. The van der Waals surface area contributed by atoms with E-state index >= 15 is 8.78 Å². The molecule has 0 aliphatic rings. The average Bonchev–Trinajstić information content (AvgIpc) is 3.02. The van der Waals surface area contributed by atoms with Crippen molar-refractivity contribution in [3.05, 3.63) is 91.4 Å². The van der Waals surface area contributed by atoms with Gasteiger partial charge in [-0.15, -0.1) is 0 Å². The molecular weight excluding hydrogens is 702 g/mol. The molecule has 2 N–H and O–H groups in total. The zero-order chi connectivity index (χ0) is 39.3. The Morgan fingerprint density at radius 1 is 0.904 bits per heavy atom. The highest BCUT2D eigenvalue weighted by Crippen LogP contribution is 2.40. The number of likely N-dealkylation sites (N-methyl/N-ethyl adjacent to an activating group) is 1. The Balaban J connectivity index is 2.01. The minimum Gasteiger partial charge on any atom is -0.466 e. The van der Waals surface area contributed by atoms with Gasteiger partial charge < -0.3 is 19.9 Å². The molecular formula is C37H43F8N3O4. The Kier molecular flexibility index (Phi) is 13.8. The van der Waals surface area contributed by atoms with Gasteiger partial charge in [0, 0.05) is 42.9 Å². The number of rotatable bonds is 15. The largest absolute Gasteiger partial charge is 0.466 e. The molecule has 1 heterocycles. The molecule has 1 amide bonds. The molecule has 0 radical (unpaired) electrons. The fourth-order valence-electron chi connectivity index (χ4n) is 6.21. The van der Waals surface area contributed by atoms with Gasteiger partial charge in [0.05, 0.1) is 17.7 Å². The second kappa shape index (κ2) is 17.0. The Bertz CT molecular complexity index is 1830. The number of carbonyl (C=O) groups is 2. The molecule has 0 aliphatic heterocycles. The third kappa shape index (κ3) is 10.2. The highest BCUT2D eigenvalue weighted by Gasteiger charge is 2.36. The number of ether oxygens (including phenoxy) is 1. The lowest BCUT2D eigenvalue weighted by atomic mass is 9.88. The fourth-order valence-corrected chi connectivity index (χ4v) is 6.21. The van der Waals surface area contributed by atoms with E-state index in [9.17, 15) is 40.7 Å². The normalized spacial score (nSPS) is 12.8. The Labute approximate surface area is 296 Å². The number of aryl methyl sites for hydroxylation is 1. The van der Waals surface area contributed by atoms with Crippen LogP contribution in [0.2, 0.25) is 0 Å². The predicted octanol–water partition coefficient (Wildman–Crippen LogP) is 7.73. The molecule has 0 aliphatic carbocycles. The molecule has 0 spiro atoms. The average molecular weight is 746 g/mol. The summed E-state index contributed by atoms with van der Waals surface area (Å²) >= 11 is 0. The molecule has 15 heteroatoms. The molecule has 1 atom stereocenters. The van der Waals surface area contributed by atoms with E-state index < -0.39 is 77.0 Å². The summed E-state index contributed by atoms with van der Waals surface area (Å²) < 4.78 is 121. The monoisotopic (exact) mass is 745 g/mol. The predicted molar refractivity (Wildman–Crippen MR) is 180 cm³/mol. The van der Waals surface area contributed by atoms with Gasteiger partial charge in [-0.05, 0) is 99.4 Å². The Morgan fingerprint density at radius 2 is 1.50 bits per heavy atom. The summed E-state index contributed by atoms with van der Waals surface area (Å²) in [5.41, 5.74) is 1.05. The SMILES string of the molecule is CCOC(=O)CCc1c(F)c(CCN(C)CCc2cn(C(CC(C)C)C(N)=O)c(=O)cc2C(F)(F)F)cc(-c2c(C)ccc(C(F)(F)F)c2C)c1F. The number of halogens is 8. The van der Waals surface area contributed by atoms with Gasteiger partial charge in [-0.3, -0.25) is 14.4 Å². The van der Waals surface area contributed by atoms with Crippen LogP contribution in [0, 0.1) is 31.4 Å². The van der Waals surface area contributed by atoms with Crippen molar-refractivity contribution < 1.29 is 49.4 Å². The van der Waals surface area contributed by atoms with Crippen molar-refractivity contribution in [1.82, 2.24) is 9.47 Å². The number of aromatic nitrogens is 1. The van der Waals surface area contributed by atoms with Gasteiger partial charge in [-0.1, -0.05) is 19.9 Å². The van der Waals surface area contributed by atoms with Crippen molar-refractivity contribution in [3.63, 3.8) is 0 Å². The van der Waals surface area contributed by atoms with E-state index in [2.05, 4.69) is 0 Å². The summed E-state index contributed by atoms with van der Waals surface area (Å²) in [7, 11) is 1.54. The number of hydrogen-bond donors (Lipinski definition) is 1. The lowest BCUT2D eigenvalue weighted by Crippen LogP contribution is -2.36. The number of carbonyl (C=O) groups excluding carboxylic acids is 2.